The van der Waals surface area contributed by atoms with Gasteiger partial charge in [-0.25, -0.2) is 0 Å². The third kappa shape index (κ3) is 5.48. The van der Waals surface area contributed by atoms with Gasteiger partial charge < -0.3 is 14.8 Å². The summed E-state index contributed by atoms with van der Waals surface area (Å²) in [5.41, 5.74) is 1.27. The SMILES string of the molecule is C#CCN1C(=O)S/C(=C/c2cc(OC)c(OCC(=O)Nc3ccccc3)cc2Br)C1=O. The van der Waals surface area contributed by atoms with E-state index in [1.165, 1.54) is 7.11 Å². The number of nitrogens with one attached hydrogen (secondary N) is 1. The first-order chi connectivity index (χ1) is 14.9. The molecule has 1 aliphatic rings. The topological polar surface area (TPSA) is 84.9 Å². The van der Waals surface area contributed by atoms with Gasteiger partial charge in [-0.05, 0) is 47.7 Å². The van der Waals surface area contributed by atoms with Crippen molar-refractivity contribution in [2.45, 2.75) is 0 Å². The number of amides is 3. The number of halogens is 1. The molecule has 9 heteroatoms. The van der Waals surface area contributed by atoms with Crippen LogP contribution < -0.4 is 14.8 Å². The van der Waals surface area contributed by atoms with Crippen LogP contribution in [-0.2, 0) is 9.59 Å². The molecule has 3 amide bonds. The van der Waals surface area contributed by atoms with Gasteiger partial charge in [0.25, 0.3) is 17.1 Å². The van der Waals surface area contributed by atoms with Gasteiger partial charge in [0.2, 0.25) is 0 Å². The molecule has 2 aromatic carbocycles. The Kier molecular flexibility index (Phi) is 7.39. The highest BCUT2D eigenvalue weighted by molar-refractivity contribution is 9.10. The van der Waals surface area contributed by atoms with E-state index in [0.29, 0.717) is 27.2 Å². The average Bonchev–Trinajstić information content (AvgIpc) is 3.02. The van der Waals surface area contributed by atoms with Crippen LogP contribution in [0.15, 0.2) is 51.8 Å². The van der Waals surface area contributed by atoms with E-state index in [4.69, 9.17) is 15.9 Å². The summed E-state index contributed by atoms with van der Waals surface area (Å²) in [4.78, 5) is 37.7. The zero-order valence-corrected chi connectivity index (χ0v) is 18.8. The molecule has 1 heterocycles. The van der Waals surface area contributed by atoms with Crippen molar-refractivity contribution in [3.63, 3.8) is 0 Å². The number of nitrogens with zero attached hydrogens (tertiary/aromatic N) is 1. The van der Waals surface area contributed by atoms with Crippen LogP contribution in [0.2, 0.25) is 0 Å². The van der Waals surface area contributed by atoms with Gasteiger partial charge in [-0.3, -0.25) is 19.3 Å². The molecule has 0 radical (unpaired) electrons. The Balaban J connectivity index is 1.74. The van der Waals surface area contributed by atoms with E-state index in [9.17, 15) is 14.4 Å². The van der Waals surface area contributed by atoms with Gasteiger partial charge in [0, 0.05) is 10.2 Å². The molecule has 1 fully saturated rings. The van der Waals surface area contributed by atoms with Crippen molar-refractivity contribution in [3.05, 3.63) is 57.4 Å². The van der Waals surface area contributed by atoms with E-state index in [1.807, 2.05) is 18.2 Å². The lowest BCUT2D eigenvalue weighted by atomic mass is 10.2. The van der Waals surface area contributed by atoms with Crippen LogP contribution in [-0.4, -0.2) is 42.2 Å². The lowest BCUT2D eigenvalue weighted by Gasteiger charge is -2.13. The summed E-state index contributed by atoms with van der Waals surface area (Å²) in [6.07, 6.45) is 6.78. The molecular formula is C22H17BrN2O5S. The van der Waals surface area contributed by atoms with Crippen molar-refractivity contribution in [1.29, 1.82) is 0 Å². The molecule has 0 unspecified atom stereocenters. The number of imide groups is 1. The Hall–Kier alpha value is -3.22. The van der Waals surface area contributed by atoms with Crippen LogP contribution >= 0.6 is 27.7 Å². The van der Waals surface area contributed by atoms with E-state index < -0.39 is 11.1 Å². The summed E-state index contributed by atoms with van der Waals surface area (Å²) >= 11 is 4.24. The lowest BCUT2D eigenvalue weighted by Crippen LogP contribution is -2.28. The summed E-state index contributed by atoms with van der Waals surface area (Å²) in [6.45, 7) is -0.299. The normalized spacial score (nSPS) is 14.5. The Morgan fingerprint density at radius 1 is 1.26 bits per heavy atom. The summed E-state index contributed by atoms with van der Waals surface area (Å²) in [6, 6.07) is 12.3. The lowest BCUT2D eigenvalue weighted by molar-refractivity contribution is -0.122. The monoisotopic (exact) mass is 500 g/mol. The maximum absolute atomic E-state index is 12.4. The number of carbonyl (C=O) groups is 3. The quantitative estimate of drug-likeness (QED) is 0.454. The molecule has 1 aliphatic heterocycles. The molecule has 1 N–H and O–H groups in total. The summed E-state index contributed by atoms with van der Waals surface area (Å²) < 4.78 is 11.6. The van der Waals surface area contributed by atoms with Gasteiger partial charge in [0.15, 0.2) is 18.1 Å². The van der Waals surface area contributed by atoms with Crippen molar-refractivity contribution < 1.29 is 23.9 Å². The summed E-state index contributed by atoms with van der Waals surface area (Å²) in [7, 11) is 1.46. The fourth-order valence-corrected chi connectivity index (χ4v) is 3.93. The number of para-hydroxylation sites is 1. The Bertz CT molecular complexity index is 1100. The first-order valence-electron chi connectivity index (χ1n) is 8.97. The molecule has 7 nitrogen and oxygen atoms in total. The van der Waals surface area contributed by atoms with Crippen molar-refractivity contribution in [3.8, 4) is 23.8 Å². The number of thioether (sulfide) groups is 1. The first kappa shape index (κ1) is 22.5. The van der Waals surface area contributed by atoms with Crippen LogP contribution in [0.1, 0.15) is 5.56 Å². The molecule has 0 aliphatic carbocycles. The number of hydrogen-bond acceptors (Lipinski definition) is 6. The number of rotatable bonds is 7. The van der Waals surface area contributed by atoms with Gasteiger partial charge in [0.1, 0.15) is 0 Å². The van der Waals surface area contributed by atoms with Crippen LogP contribution in [0.4, 0.5) is 10.5 Å². The number of carbonyl (C=O) groups excluding carboxylic acids is 3. The Morgan fingerprint density at radius 3 is 2.68 bits per heavy atom. The molecular weight excluding hydrogens is 484 g/mol. The molecule has 0 saturated carbocycles. The third-order valence-electron chi connectivity index (χ3n) is 4.11. The highest BCUT2D eigenvalue weighted by Gasteiger charge is 2.34. The predicted molar refractivity (Wildman–Crippen MR) is 123 cm³/mol. The second kappa shape index (κ2) is 10.2. The van der Waals surface area contributed by atoms with Crippen LogP contribution in [0.25, 0.3) is 6.08 Å². The zero-order chi connectivity index (χ0) is 22.4. The highest BCUT2D eigenvalue weighted by atomic mass is 79.9. The molecule has 0 atom stereocenters. The maximum Gasteiger partial charge on any atom is 0.294 e. The number of ether oxygens (including phenoxy) is 2. The zero-order valence-electron chi connectivity index (χ0n) is 16.4. The van der Waals surface area contributed by atoms with Crippen molar-refractivity contribution in [2.75, 3.05) is 25.6 Å². The minimum atomic E-state index is -0.447. The van der Waals surface area contributed by atoms with E-state index >= 15 is 0 Å². The predicted octanol–water partition coefficient (Wildman–Crippen LogP) is 4.14. The molecule has 1 saturated heterocycles. The van der Waals surface area contributed by atoms with E-state index in [2.05, 4.69) is 27.2 Å². The molecule has 2 aromatic rings. The molecule has 0 aromatic heterocycles. The van der Waals surface area contributed by atoms with Gasteiger partial charge in [-0.2, -0.15) is 0 Å². The first-order valence-corrected chi connectivity index (χ1v) is 10.6. The summed E-state index contributed by atoms with van der Waals surface area (Å²) in [5, 5.41) is 2.32. The van der Waals surface area contributed by atoms with Crippen LogP contribution in [0, 0.1) is 12.3 Å². The molecule has 0 spiro atoms. The van der Waals surface area contributed by atoms with Crippen LogP contribution in [0.5, 0.6) is 11.5 Å². The third-order valence-corrected chi connectivity index (χ3v) is 5.70. The molecule has 31 heavy (non-hydrogen) atoms. The number of benzene rings is 2. The largest absolute Gasteiger partial charge is 0.493 e. The highest BCUT2D eigenvalue weighted by Crippen LogP contribution is 2.38. The second-order valence-corrected chi connectivity index (χ2v) is 8.05. The van der Waals surface area contributed by atoms with E-state index in [0.717, 1.165) is 16.7 Å². The van der Waals surface area contributed by atoms with Gasteiger partial charge in [-0.1, -0.05) is 40.0 Å². The molecule has 0 bridgehead atoms. The van der Waals surface area contributed by atoms with Gasteiger partial charge in [-0.15, -0.1) is 6.42 Å². The van der Waals surface area contributed by atoms with Crippen LogP contribution in [0.3, 0.4) is 0 Å². The second-order valence-electron chi connectivity index (χ2n) is 6.20. The van der Waals surface area contributed by atoms with E-state index in [-0.39, 0.29) is 24.0 Å². The number of anilines is 1. The summed E-state index contributed by atoms with van der Waals surface area (Å²) in [5.74, 6) is 2.23. The minimum absolute atomic E-state index is 0.0790. The average molecular weight is 501 g/mol. The minimum Gasteiger partial charge on any atom is -0.493 e. The van der Waals surface area contributed by atoms with Crippen molar-refractivity contribution in [1.82, 2.24) is 4.90 Å². The fraction of sp³-hybridized carbons (Fsp3) is 0.136. The fourth-order valence-electron chi connectivity index (χ4n) is 2.66. The number of hydrogen-bond donors (Lipinski definition) is 1. The molecule has 158 valence electrons. The van der Waals surface area contributed by atoms with Gasteiger partial charge in [0.05, 0.1) is 18.6 Å². The maximum atomic E-state index is 12.4. The van der Waals surface area contributed by atoms with E-state index in [1.54, 1.807) is 30.3 Å². The number of terminal acetylenes is 1. The molecule has 3 rings (SSSR count). The van der Waals surface area contributed by atoms with Crippen molar-refractivity contribution in [2.24, 2.45) is 0 Å². The Morgan fingerprint density at radius 2 is 2.00 bits per heavy atom. The Labute approximate surface area is 191 Å². The van der Waals surface area contributed by atoms with Gasteiger partial charge >= 0.3 is 0 Å². The number of methoxy groups -OCH3 is 1. The standard InChI is InChI=1S/C22H17BrN2O5S/c1-3-9-25-21(27)19(31-22(25)28)11-14-10-17(29-2)18(12-16(14)23)30-13-20(26)24-15-7-5-4-6-8-15/h1,4-8,10-12H,9,13H2,2H3,(H,24,26)/b19-11+. The smallest absolute Gasteiger partial charge is 0.294 e. The van der Waals surface area contributed by atoms with Crippen molar-refractivity contribution >= 4 is 56.5 Å².